The number of anilines is 1. The first-order valence-electron chi connectivity index (χ1n) is 5.79. The molecule has 1 aromatic rings. The van der Waals surface area contributed by atoms with Crippen molar-refractivity contribution in [2.75, 3.05) is 18.0 Å². The van der Waals surface area contributed by atoms with Crippen LogP contribution in [-0.4, -0.2) is 24.5 Å². The van der Waals surface area contributed by atoms with E-state index < -0.39 is 0 Å². The Balaban J connectivity index is 2.24. The van der Waals surface area contributed by atoms with Crippen LogP contribution in [0.3, 0.4) is 0 Å². The van der Waals surface area contributed by atoms with Gasteiger partial charge in [0.2, 0.25) is 5.91 Å². The molecule has 1 aliphatic rings. The molecule has 0 saturated carbocycles. The monoisotopic (exact) mass is 296 g/mol. The largest absolute Gasteiger partial charge is 0.311 e. The van der Waals surface area contributed by atoms with Crippen LogP contribution in [0.1, 0.15) is 20.3 Å². The van der Waals surface area contributed by atoms with Crippen LogP contribution in [0, 0.1) is 0 Å². The maximum absolute atomic E-state index is 12.2. The number of benzene rings is 1. The van der Waals surface area contributed by atoms with Gasteiger partial charge in [-0.1, -0.05) is 22.0 Å². The van der Waals surface area contributed by atoms with E-state index in [-0.39, 0.29) is 11.4 Å². The first-order chi connectivity index (χ1) is 7.98. The average molecular weight is 297 g/mol. The van der Waals surface area contributed by atoms with Gasteiger partial charge in [-0.05, 0) is 32.0 Å². The normalized spacial score (nSPS) is 20.2. The molecule has 4 heteroatoms. The number of halogens is 1. The number of rotatable bonds is 1. The molecule has 2 rings (SSSR count). The van der Waals surface area contributed by atoms with Crippen molar-refractivity contribution in [1.29, 1.82) is 0 Å². The van der Waals surface area contributed by atoms with Crippen molar-refractivity contribution in [3.8, 4) is 0 Å². The summed E-state index contributed by atoms with van der Waals surface area (Å²) in [6.45, 7) is 5.68. The van der Waals surface area contributed by atoms with E-state index >= 15 is 0 Å². The molecule has 0 bridgehead atoms. The lowest BCUT2D eigenvalue weighted by Crippen LogP contribution is -2.39. The number of hydrogen-bond donors (Lipinski definition) is 1. The number of nitrogens with zero attached hydrogens (tertiary/aromatic N) is 1. The first kappa shape index (κ1) is 12.6. The minimum absolute atomic E-state index is 0.113. The van der Waals surface area contributed by atoms with E-state index in [1.165, 1.54) is 0 Å². The van der Waals surface area contributed by atoms with Crippen LogP contribution >= 0.6 is 15.9 Å². The van der Waals surface area contributed by atoms with Crippen LogP contribution in [0.15, 0.2) is 28.7 Å². The van der Waals surface area contributed by atoms with Gasteiger partial charge in [-0.15, -0.1) is 0 Å². The molecule has 1 aromatic carbocycles. The van der Waals surface area contributed by atoms with Gasteiger partial charge in [-0.2, -0.15) is 0 Å². The van der Waals surface area contributed by atoms with Gasteiger partial charge in [0, 0.05) is 35.2 Å². The topological polar surface area (TPSA) is 32.3 Å². The summed E-state index contributed by atoms with van der Waals surface area (Å²) in [5.74, 6) is 0.179. The molecule has 92 valence electrons. The van der Waals surface area contributed by atoms with Gasteiger partial charge in [0.15, 0.2) is 0 Å². The molecular formula is C13H17BrN2O. The van der Waals surface area contributed by atoms with E-state index in [2.05, 4.69) is 35.1 Å². The smallest absolute Gasteiger partial charge is 0.228 e. The van der Waals surface area contributed by atoms with Crippen molar-refractivity contribution >= 4 is 27.5 Å². The lowest BCUT2D eigenvalue weighted by Gasteiger charge is -2.23. The molecule has 0 unspecified atom stereocenters. The van der Waals surface area contributed by atoms with Gasteiger partial charge >= 0.3 is 0 Å². The first-order valence-corrected chi connectivity index (χ1v) is 6.58. The lowest BCUT2D eigenvalue weighted by molar-refractivity contribution is -0.119. The SMILES string of the molecule is CC1(C)CC(=O)N(c2cccc(Br)c2)CCN1. The number of amides is 1. The van der Waals surface area contributed by atoms with E-state index in [9.17, 15) is 4.79 Å². The quantitative estimate of drug-likeness (QED) is 0.864. The number of carbonyl (C=O) groups is 1. The molecule has 1 aliphatic heterocycles. The third kappa shape index (κ3) is 3.07. The summed E-state index contributed by atoms with van der Waals surface area (Å²) in [5, 5.41) is 3.39. The highest BCUT2D eigenvalue weighted by atomic mass is 79.9. The molecule has 3 nitrogen and oxygen atoms in total. The van der Waals surface area contributed by atoms with Crippen LogP contribution in [-0.2, 0) is 4.79 Å². The molecule has 0 atom stereocenters. The Labute approximate surface area is 110 Å². The fourth-order valence-electron chi connectivity index (χ4n) is 2.08. The Morgan fingerprint density at radius 1 is 1.41 bits per heavy atom. The van der Waals surface area contributed by atoms with Gasteiger partial charge in [-0.25, -0.2) is 0 Å². The van der Waals surface area contributed by atoms with Gasteiger partial charge in [-0.3, -0.25) is 4.79 Å². The highest BCUT2D eigenvalue weighted by molar-refractivity contribution is 9.10. The van der Waals surface area contributed by atoms with Gasteiger partial charge in [0.25, 0.3) is 0 Å². The molecule has 1 heterocycles. The Morgan fingerprint density at radius 2 is 2.18 bits per heavy atom. The van der Waals surface area contributed by atoms with E-state index in [4.69, 9.17) is 0 Å². The van der Waals surface area contributed by atoms with Crippen LogP contribution in [0.2, 0.25) is 0 Å². The fraction of sp³-hybridized carbons (Fsp3) is 0.462. The fourth-order valence-corrected chi connectivity index (χ4v) is 2.47. The number of carbonyl (C=O) groups excluding carboxylic acids is 1. The zero-order valence-corrected chi connectivity index (χ0v) is 11.8. The molecule has 17 heavy (non-hydrogen) atoms. The van der Waals surface area contributed by atoms with Crippen molar-refractivity contribution < 1.29 is 4.79 Å². The van der Waals surface area contributed by atoms with Crippen LogP contribution in [0.5, 0.6) is 0 Å². The molecule has 0 spiro atoms. The zero-order valence-electron chi connectivity index (χ0n) is 10.2. The average Bonchev–Trinajstić information content (AvgIpc) is 2.35. The Morgan fingerprint density at radius 3 is 2.88 bits per heavy atom. The summed E-state index contributed by atoms with van der Waals surface area (Å²) < 4.78 is 0.999. The van der Waals surface area contributed by atoms with E-state index in [1.54, 1.807) is 0 Å². The summed E-state index contributed by atoms with van der Waals surface area (Å²) in [6.07, 6.45) is 0.527. The van der Waals surface area contributed by atoms with E-state index in [0.717, 1.165) is 23.2 Å². The van der Waals surface area contributed by atoms with Crippen molar-refractivity contribution in [2.45, 2.75) is 25.8 Å². The number of nitrogens with one attached hydrogen (secondary N) is 1. The van der Waals surface area contributed by atoms with Crippen molar-refractivity contribution in [1.82, 2.24) is 5.32 Å². The molecule has 1 saturated heterocycles. The van der Waals surface area contributed by atoms with Gasteiger partial charge in [0.05, 0.1) is 0 Å². The standard InChI is InChI=1S/C13H17BrN2O/c1-13(2)9-12(17)16(7-6-15-13)11-5-3-4-10(14)8-11/h3-5,8,15H,6-7,9H2,1-2H3. The molecule has 0 aromatic heterocycles. The predicted octanol–water partition coefficient (Wildman–Crippen LogP) is 2.55. The second kappa shape index (κ2) is 4.78. The van der Waals surface area contributed by atoms with Gasteiger partial charge in [0.1, 0.15) is 0 Å². The number of hydrogen-bond acceptors (Lipinski definition) is 2. The van der Waals surface area contributed by atoms with Gasteiger partial charge < -0.3 is 10.2 Å². The predicted molar refractivity (Wildman–Crippen MR) is 73.2 cm³/mol. The van der Waals surface area contributed by atoms with Crippen LogP contribution < -0.4 is 10.2 Å². The third-order valence-electron chi connectivity index (χ3n) is 2.95. The molecule has 1 N–H and O–H groups in total. The van der Waals surface area contributed by atoms with E-state index in [0.29, 0.717) is 6.42 Å². The maximum atomic E-state index is 12.2. The Kier molecular flexibility index (Phi) is 3.54. The second-order valence-corrected chi connectivity index (χ2v) is 5.93. The summed E-state index contributed by atoms with van der Waals surface area (Å²) >= 11 is 3.44. The summed E-state index contributed by atoms with van der Waals surface area (Å²) in [4.78, 5) is 14.1. The van der Waals surface area contributed by atoms with Crippen molar-refractivity contribution in [3.63, 3.8) is 0 Å². The maximum Gasteiger partial charge on any atom is 0.228 e. The summed E-state index contributed by atoms with van der Waals surface area (Å²) in [6, 6.07) is 7.88. The summed E-state index contributed by atoms with van der Waals surface area (Å²) in [5.41, 5.74) is 0.849. The lowest BCUT2D eigenvalue weighted by atomic mass is 10.0. The second-order valence-electron chi connectivity index (χ2n) is 5.01. The minimum Gasteiger partial charge on any atom is -0.311 e. The molecule has 1 amide bonds. The molecule has 0 aliphatic carbocycles. The highest BCUT2D eigenvalue weighted by Gasteiger charge is 2.28. The molecule has 0 radical (unpaired) electrons. The third-order valence-corrected chi connectivity index (χ3v) is 3.45. The Hall–Kier alpha value is -0.870. The van der Waals surface area contributed by atoms with Crippen molar-refractivity contribution in [2.24, 2.45) is 0 Å². The summed E-state index contributed by atoms with van der Waals surface area (Å²) in [7, 11) is 0. The Bertz CT molecular complexity index is 431. The van der Waals surface area contributed by atoms with Crippen LogP contribution in [0.4, 0.5) is 5.69 Å². The minimum atomic E-state index is -0.113. The molecule has 1 fully saturated rings. The van der Waals surface area contributed by atoms with Crippen LogP contribution in [0.25, 0.3) is 0 Å². The zero-order chi connectivity index (χ0) is 12.5. The highest BCUT2D eigenvalue weighted by Crippen LogP contribution is 2.23. The van der Waals surface area contributed by atoms with Crippen molar-refractivity contribution in [3.05, 3.63) is 28.7 Å². The van der Waals surface area contributed by atoms with E-state index in [1.807, 2.05) is 29.2 Å². The molecular weight excluding hydrogens is 280 g/mol.